The van der Waals surface area contributed by atoms with Gasteiger partial charge in [-0.05, 0) is 30.7 Å². The van der Waals surface area contributed by atoms with Crippen LogP contribution in [0.2, 0.25) is 0 Å². The fourth-order valence-electron chi connectivity index (χ4n) is 3.89. The molecule has 1 aliphatic heterocycles. The summed E-state index contributed by atoms with van der Waals surface area (Å²) in [6.45, 7) is 1.83. The van der Waals surface area contributed by atoms with Crippen molar-refractivity contribution in [1.82, 2.24) is 9.97 Å². The van der Waals surface area contributed by atoms with E-state index in [1.165, 1.54) is 11.8 Å². The smallest absolute Gasteiger partial charge is 0.338 e. The topological polar surface area (TPSA) is 133 Å². The minimum atomic E-state index is -1.02. The van der Waals surface area contributed by atoms with E-state index < -0.39 is 17.8 Å². The third-order valence-corrected chi connectivity index (χ3v) is 6.52. The lowest BCUT2D eigenvalue weighted by Crippen LogP contribution is -2.34. The molecule has 0 bridgehead atoms. The number of rotatable bonds is 7. The Balaban J connectivity index is 1.75. The molecule has 8 nitrogen and oxygen atoms in total. The number of carbonyl (C=O) groups excluding carboxylic acids is 1. The number of benzene rings is 1. The molecule has 0 radical (unpaired) electrons. The van der Waals surface area contributed by atoms with E-state index in [0.29, 0.717) is 21.8 Å². The van der Waals surface area contributed by atoms with Crippen LogP contribution in [-0.2, 0) is 14.3 Å². The van der Waals surface area contributed by atoms with Gasteiger partial charge in [-0.2, -0.15) is 10.5 Å². The Hall–Kier alpha value is -4.47. The molecule has 4 rings (SSSR count). The second-order valence-electron chi connectivity index (χ2n) is 7.71. The molecule has 36 heavy (non-hydrogen) atoms. The Labute approximate surface area is 212 Å². The molecule has 1 N–H and O–H groups in total. The molecule has 2 atom stereocenters. The largest absolute Gasteiger partial charge is 0.463 e. The number of hydrogen-bond donors (Lipinski definition) is 1. The standard InChI is InChI=1S/C27H21N5O3S/c1-2-34-27(33)24-22(35-25(30)20(14-29)23(24)19-9-6-12-31-15-19)16-36-26-18(13-28)10-11-21(32-26)17-7-4-3-5-8-17/h3-12,15,20,23,30H,2,16H2,1H3. The first-order chi connectivity index (χ1) is 17.6. The molecule has 9 heteroatoms. The summed E-state index contributed by atoms with van der Waals surface area (Å²) in [5.74, 6) is -2.39. The summed E-state index contributed by atoms with van der Waals surface area (Å²) in [5.41, 5.74) is 2.75. The van der Waals surface area contributed by atoms with E-state index in [1.807, 2.05) is 30.3 Å². The zero-order valence-electron chi connectivity index (χ0n) is 19.3. The number of nitrogens with one attached hydrogen (secondary N) is 1. The van der Waals surface area contributed by atoms with Gasteiger partial charge in [0.15, 0.2) is 0 Å². The predicted octanol–water partition coefficient (Wildman–Crippen LogP) is 4.86. The summed E-state index contributed by atoms with van der Waals surface area (Å²) >= 11 is 1.21. The normalized spacial score (nSPS) is 17.0. The molecule has 0 fully saturated rings. The maximum Gasteiger partial charge on any atom is 0.338 e. The SMILES string of the molecule is CCOC(=O)C1=C(CSc2nc(-c3ccccc3)ccc2C#N)OC(=N)C(C#N)C1c1cccnc1. The van der Waals surface area contributed by atoms with E-state index in [9.17, 15) is 15.3 Å². The number of carbonyl (C=O) groups is 1. The number of hydrogen-bond acceptors (Lipinski definition) is 9. The van der Waals surface area contributed by atoms with Crippen LogP contribution in [0.25, 0.3) is 11.3 Å². The van der Waals surface area contributed by atoms with Gasteiger partial charge in [-0.3, -0.25) is 10.4 Å². The van der Waals surface area contributed by atoms with Gasteiger partial charge in [0.2, 0.25) is 5.90 Å². The van der Waals surface area contributed by atoms with Crippen LogP contribution < -0.4 is 0 Å². The zero-order valence-corrected chi connectivity index (χ0v) is 20.2. The average molecular weight is 496 g/mol. The lowest BCUT2D eigenvalue weighted by molar-refractivity contribution is -0.139. The highest BCUT2D eigenvalue weighted by atomic mass is 32.2. The Morgan fingerprint density at radius 3 is 2.64 bits per heavy atom. The third-order valence-electron chi connectivity index (χ3n) is 5.53. The van der Waals surface area contributed by atoms with Crippen molar-refractivity contribution in [1.29, 1.82) is 15.9 Å². The third kappa shape index (κ3) is 5.12. The highest BCUT2D eigenvalue weighted by Crippen LogP contribution is 2.41. The summed E-state index contributed by atoms with van der Waals surface area (Å²) in [6, 6.07) is 20.8. The van der Waals surface area contributed by atoms with E-state index in [2.05, 4.69) is 22.1 Å². The fourth-order valence-corrected chi connectivity index (χ4v) is 4.81. The molecule has 0 saturated carbocycles. The van der Waals surface area contributed by atoms with Crippen molar-refractivity contribution < 1.29 is 14.3 Å². The molecule has 0 amide bonds. The Kier molecular flexibility index (Phi) is 7.74. The van der Waals surface area contributed by atoms with Crippen molar-refractivity contribution in [3.05, 3.63) is 89.5 Å². The molecule has 0 spiro atoms. The second kappa shape index (κ2) is 11.3. The summed E-state index contributed by atoms with van der Waals surface area (Å²) < 4.78 is 11.0. The van der Waals surface area contributed by atoms with Gasteiger partial charge in [0.25, 0.3) is 0 Å². The van der Waals surface area contributed by atoms with Gasteiger partial charge in [0.1, 0.15) is 22.8 Å². The van der Waals surface area contributed by atoms with Gasteiger partial charge in [-0.25, -0.2) is 9.78 Å². The predicted molar refractivity (Wildman–Crippen MR) is 134 cm³/mol. The number of aromatic nitrogens is 2. The van der Waals surface area contributed by atoms with Crippen LogP contribution >= 0.6 is 11.8 Å². The van der Waals surface area contributed by atoms with E-state index in [4.69, 9.17) is 14.9 Å². The lowest BCUT2D eigenvalue weighted by atomic mass is 9.79. The second-order valence-corrected chi connectivity index (χ2v) is 8.67. The molecule has 3 aromatic rings. The van der Waals surface area contributed by atoms with Crippen molar-refractivity contribution in [2.45, 2.75) is 17.9 Å². The number of nitrogens with zero attached hydrogens (tertiary/aromatic N) is 4. The van der Waals surface area contributed by atoms with Gasteiger partial charge < -0.3 is 9.47 Å². The molecule has 2 aromatic heterocycles. The maximum absolute atomic E-state index is 13.1. The first-order valence-corrected chi connectivity index (χ1v) is 12.1. The molecule has 3 heterocycles. The van der Waals surface area contributed by atoms with Crippen molar-refractivity contribution in [3.8, 4) is 23.4 Å². The van der Waals surface area contributed by atoms with Crippen molar-refractivity contribution >= 4 is 23.6 Å². The highest BCUT2D eigenvalue weighted by molar-refractivity contribution is 7.99. The number of pyridine rings is 2. The minimum absolute atomic E-state index is 0.103. The van der Waals surface area contributed by atoms with Crippen molar-refractivity contribution in [2.24, 2.45) is 5.92 Å². The first kappa shape index (κ1) is 24.6. The molecule has 0 saturated heterocycles. The van der Waals surface area contributed by atoms with Crippen molar-refractivity contribution in [2.75, 3.05) is 12.4 Å². The van der Waals surface area contributed by atoms with Crippen LogP contribution in [0.15, 0.2) is 83.3 Å². The number of esters is 1. The molecule has 1 aromatic carbocycles. The fraction of sp³-hybridized carbons (Fsp3) is 0.185. The first-order valence-electron chi connectivity index (χ1n) is 11.1. The number of nitriles is 2. The van der Waals surface area contributed by atoms with E-state index in [0.717, 1.165) is 5.56 Å². The maximum atomic E-state index is 13.1. The van der Waals surface area contributed by atoms with Crippen LogP contribution in [0.1, 0.15) is 24.0 Å². The monoisotopic (exact) mass is 495 g/mol. The van der Waals surface area contributed by atoms with Gasteiger partial charge >= 0.3 is 5.97 Å². The Morgan fingerprint density at radius 1 is 1.17 bits per heavy atom. The highest BCUT2D eigenvalue weighted by Gasteiger charge is 2.42. The minimum Gasteiger partial charge on any atom is -0.463 e. The quantitative estimate of drug-likeness (QED) is 0.363. The van der Waals surface area contributed by atoms with E-state index >= 15 is 0 Å². The number of ether oxygens (including phenoxy) is 2. The van der Waals surface area contributed by atoms with Crippen LogP contribution in [-0.4, -0.2) is 34.2 Å². The van der Waals surface area contributed by atoms with Crippen LogP contribution in [0.5, 0.6) is 0 Å². The zero-order chi connectivity index (χ0) is 25.5. The van der Waals surface area contributed by atoms with Crippen LogP contribution in [0.3, 0.4) is 0 Å². The van der Waals surface area contributed by atoms with Gasteiger partial charge in [-0.1, -0.05) is 48.2 Å². The Bertz CT molecular complexity index is 1390. The lowest BCUT2D eigenvalue weighted by Gasteiger charge is -2.31. The molecule has 1 aliphatic rings. The molecular formula is C27H21N5O3S. The summed E-state index contributed by atoms with van der Waals surface area (Å²) in [4.78, 5) is 21.9. The molecule has 178 valence electrons. The Morgan fingerprint density at radius 2 is 1.97 bits per heavy atom. The average Bonchev–Trinajstić information content (AvgIpc) is 2.92. The van der Waals surface area contributed by atoms with Crippen molar-refractivity contribution in [3.63, 3.8) is 0 Å². The summed E-state index contributed by atoms with van der Waals surface area (Å²) in [6.07, 6.45) is 3.16. The van der Waals surface area contributed by atoms with E-state index in [1.54, 1.807) is 43.6 Å². The van der Waals surface area contributed by atoms with Gasteiger partial charge in [0, 0.05) is 23.9 Å². The summed E-state index contributed by atoms with van der Waals surface area (Å²) in [7, 11) is 0. The number of thioether (sulfide) groups is 1. The van der Waals surface area contributed by atoms with Gasteiger partial charge in [-0.15, -0.1) is 0 Å². The summed E-state index contributed by atoms with van der Waals surface area (Å²) in [5, 5.41) is 28.3. The molecule has 2 unspecified atom stereocenters. The molecular weight excluding hydrogens is 474 g/mol. The van der Waals surface area contributed by atoms with Crippen LogP contribution in [0, 0.1) is 34.0 Å². The van der Waals surface area contributed by atoms with Gasteiger partial charge in [0.05, 0.1) is 35.3 Å². The molecule has 0 aliphatic carbocycles. The van der Waals surface area contributed by atoms with E-state index in [-0.39, 0.29) is 29.6 Å². The van der Waals surface area contributed by atoms with Crippen LogP contribution in [0.4, 0.5) is 0 Å².